The smallest absolute Gasteiger partial charge is 0.341 e. The number of hydrogen-bond donors (Lipinski definition) is 0. The molecule has 2 aromatic rings. The van der Waals surface area contributed by atoms with Gasteiger partial charge in [-0.15, -0.1) is 0 Å². The molecule has 0 fully saturated rings. The van der Waals surface area contributed by atoms with E-state index in [-0.39, 0.29) is 5.97 Å². The minimum absolute atomic E-state index is 0.343. The first kappa shape index (κ1) is 11.0. The van der Waals surface area contributed by atoms with Crippen molar-refractivity contribution in [2.24, 2.45) is 7.05 Å². The fourth-order valence-electron chi connectivity index (χ4n) is 1.59. The Kier molecular flexibility index (Phi) is 2.83. The van der Waals surface area contributed by atoms with Crippen LogP contribution in [0.4, 0.5) is 0 Å². The van der Waals surface area contributed by atoms with Crippen molar-refractivity contribution in [3.63, 3.8) is 0 Å². The highest BCUT2D eigenvalue weighted by atomic mass is 35.5. The molecule has 4 nitrogen and oxygen atoms in total. The van der Waals surface area contributed by atoms with Gasteiger partial charge in [-0.05, 0) is 19.1 Å². The van der Waals surface area contributed by atoms with Gasteiger partial charge in [0.2, 0.25) is 0 Å². The topological polar surface area (TPSA) is 44.1 Å². The van der Waals surface area contributed by atoms with Crippen molar-refractivity contribution in [1.82, 2.24) is 9.55 Å². The number of halogens is 1. The maximum Gasteiger partial charge on any atom is 0.341 e. The van der Waals surface area contributed by atoms with E-state index in [4.69, 9.17) is 16.3 Å². The van der Waals surface area contributed by atoms with Crippen LogP contribution in [0.3, 0.4) is 0 Å². The zero-order valence-electron chi connectivity index (χ0n) is 9.03. The third-order valence-electron chi connectivity index (χ3n) is 2.29. The molecule has 0 aliphatic rings. The number of esters is 1. The number of fused-ring (bicyclic) bond motifs is 1. The lowest BCUT2D eigenvalue weighted by Crippen LogP contribution is -2.04. The number of carbonyl (C=O) groups is 1. The molecule has 0 aromatic carbocycles. The van der Waals surface area contributed by atoms with Gasteiger partial charge in [-0.1, -0.05) is 11.6 Å². The van der Waals surface area contributed by atoms with Crippen LogP contribution in [0.25, 0.3) is 11.0 Å². The first-order chi connectivity index (χ1) is 7.63. The summed E-state index contributed by atoms with van der Waals surface area (Å²) in [7, 11) is 1.85. The Balaban J connectivity index is 2.61. The van der Waals surface area contributed by atoms with Gasteiger partial charge in [-0.3, -0.25) is 0 Å². The van der Waals surface area contributed by atoms with Gasteiger partial charge in [0, 0.05) is 13.2 Å². The lowest BCUT2D eigenvalue weighted by atomic mass is 10.3. The van der Waals surface area contributed by atoms with Crippen LogP contribution in [-0.4, -0.2) is 22.1 Å². The molecular formula is C11H11ClN2O2. The zero-order chi connectivity index (χ0) is 11.7. The van der Waals surface area contributed by atoms with Crippen LogP contribution < -0.4 is 0 Å². The third kappa shape index (κ3) is 1.76. The summed E-state index contributed by atoms with van der Waals surface area (Å²) >= 11 is 5.81. The lowest BCUT2D eigenvalue weighted by Gasteiger charge is -1.98. The van der Waals surface area contributed by atoms with Crippen molar-refractivity contribution in [2.75, 3.05) is 6.61 Å². The Labute approximate surface area is 97.8 Å². The molecule has 0 saturated carbocycles. The first-order valence-corrected chi connectivity index (χ1v) is 5.30. The van der Waals surface area contributed by atoms with Crippen molar-refractivity contribution in [3.8, 4) is 0 Å². The largest absolute Gasteiger partial charge is 0.462 e. The third-order valence-corrected chi connectivity index (χ3v) is 2.50. The maximum absolute atomic E-state index is 11.7. The highest BCUT2D eigenvalue weighted by molar-refractivity contribution is 6.29. The second kappa shape index (κ2) is 4.14. The number of aromatic nitrogens is 2. The molecule has 2 aromatic heterocycles. The summed E-state index contributed by atoms with van der Waals surface area (Å²) in [4.78, 5) is 15.8. The van der Waals surface area contributed by atoms with E-state index in [1.165, 1.54) is 0 Å². The summed E-state index contributed by atoms with van der Waals surface area (Å²) in [6.07, 6.45) is 1.70. The van der Waals surface area contributed by atoms with E-state index in [1.807, 2.05) is 17.7 Å². The number of pyridine rings is 1. The Hall–Kier alpha value is -1.55. The quantitative estimate of drug-likeness (QED) is 0.596. The van der Waals surface area contributed by atoms with Crippen LogP contribution >= 0.6 is 11.6 Å². The summed E-state index contributed by atoms with van der Waals surface area (Å²) in [5, 5.41) is 0.365. The summed E-state index contributed by atoms with van der Waals surface area (Å²) in [6, 6.07) is 3.52. The van der Waals surface area contributed by atoms with Crippen LogP contribution in [0.2, 0.25) is 5.15 Å². The first-order valence-electron chi connectivity index (χ1n) is 4.92. The SMILES string of the molecule is CCOC(=O)c1cn(C)c2ccc(Cl)nc12. The van der Waals surface area contributed by atoms with Gasteiger partial charge < -0.3 is 9.30 Å². The van der Waals surface area contributed by atoms with Crippen LogP contribution in [0.15, 0.2) is 18.3 Å². The van der Waals surface area contributed by atoms with E-state index < -0.39 is 0 Å². The molecule has 0 N–H and O–H groups in total. The molecule has 2 heterocycles. The second-order valence-electron chi connectivity index (χ2n) is 3.38. The second-order valence-corrected chi connectivity index (χ2v) is 3.76. The summed E-state index contributed by atoms with van der Waals surface area (Å²) in [6.45, 7) is 2.11. The molecule has 0 atom stereocenters. The molecule has 16 heavy (non-hydrogen) atoms. The molecule has 0 bridgehead atoms. The van der Waals surface area contributed by atoms with E-state index in [9.17, 15) is 4.79 Å². The van der Waals surface area contributed by atoms with Crippen molar-refractivity contribution in [2.45, 2.75) is 6.92 Å². The van der Waals surface area contributed by atoms with Gasteiger partial charge in [0.1, 0.15) is 16.2 Å². The predicted octanol–water partition coefficient (Wildman–Crippen LogP) is 2.40. The average molecular weight is 239 g/mol. The van der Waals surface area contributed by atoms with Gasteiger partial charge in [0.05, 0.1) is 12.1 Å². The van der Waals surface area contributed by atoms with Gasteiger partial charge >= 0.3 is 5.97 Å². The predicted molar refractivity (Wildman–Crippen MR) is 61.7 cm³/mol. The van der Waals surface area contributed by atoms with Crippen molar-refractivity contribution < 1.29 is 9.53 Å². The molecule has 84 valence electrons. The maximum atomic E-state index is 11.7. The van der Waals surface area contributed by atoms with Crippen LogP contribution in [0.1, 0.15) is 17.3 Å². The molecule has 0 spiro atoms. The van der Waals surface area contributed by atoms with Crippen LogP contribution in [0, 0.1) is 0 Å². The lowest BCUT2D eigenvalue weighted by molar-refractivity contribution is 0.0528. The van der Waals surface area contributed by atoms with E-state index in [0.29, 0.717) is 22.8 Å². The van der Waals surface area contributed by atoms with Crippen molar-refractivity contribution in [3.05, 3.63) is 29.0 Å². The standard InChI is InChI=1S/C11H11ClN2O2/c1-3-16-11(15)7-6-14(2)8-4-5-9(12)13-10(7)8/h4-6H,3H2,1-2H3. The Morgan fingerprint density at radius 1 is 1.56 bits per heavy atom. The van der Waals surface area contributed by atoms with E-state index in [0.717, 1.165) is 5.52 Å². The Morgan fingerprint density at radius 2 is 2.31 bits per heavy atom. The van der Waals surface area contributed by atoms with E-state index in [2.05, 4.69) is 4.98 Å². The average Bonchev–Trinajstić information content (AvgIpc) is 2.56. The molecule has 0 aliphatic heterocycles. The Morgan fingerprint density at radius 3 is 3.00 bits per heavy atom. The summed E-state index contributed by atoms with van der Waals surface area (Å²) in [5.41, 5.74) is 1.88. The molecule has 5 heteroatoms. The van der Waals surface area contributed by atoms with Crippen LogP contribution in [0.5, 0.6) is 0 Å². The van der Waals surface area contributed by atoms with Gasteiger partial charge in [-0.2, -0.15) is 0 Å². The minimum Gasteiger partial charge on any atom is -0.462 e. The molecular weight excluding hydrogens is 228 g/mol. The Bertz CT molecular complexity index is 548. The normalized spacial score (nSPS) is 10.7. The number of rotatable bonds is 2. The van der Waals surface area contributed by atoms with Crippen LogP contribution in [-0.2, 0) is 11.8 Å². The van der Waals surface area contributed by atoms with Crippen molar-refractivity contribution in [1.29, 1.82) is 0 Å². The van der Waals surface area contributed by atoms with E-state index >= 15 is 0 Å². The molecule has 0 unspecified atom stereocenters. The minimum atomic E-state index is -0.372. The van der Waals surface area contributed by atoms with Crippen molar-refractivity contribution >= 4 is 28.6 Å². The molecule has 0 aliphatic carbocycles. The highest BCUT2D eigenvalue weighted by Crippen LogP contribution is 2.21. The fourth-order valence-corrected chi connectivity index (χ4v) is 1.74. The molecule has 0 saturated heterocycles. The van der Waals surface area contributed by atoms with Gasteiger partial charge in [0.25, 0.3) is 0 Å². The van der Waals surface area contributed by atoms with Gasteiger partial charge in [0.15, 0.2) is 0 Å². The summed E-state index contributed by atoms with van der Waals surface area (Å²) in [5.74, 6) is -0.372. The summed E-state index contributed by atoms with van der Waals surface area (Å²) < 4.78 is 6.78. The highest BCUT2D eigenvalue weighted by Gasteiger charge is 2.16. The zero-order valence-corrected chi connectivity index (χ0v) is 9.78. The number of hydrogen-bond acceptors (Lipinski definition) is 3. The number of ether oxygens (including phenoxy) is 1. The number of carbonyl (C=O) groups excluding carboxylic acids is 1. The fraction of sp³-hybridized carbons (Fsp3) is 0.273. The molecule has 0 radical (unpaired) electrons. The number of nitrogens with zero attached hydrogens (tertiary/aromatic N) is 2. The van der Waals surface area contributed by atoms with E-state index in [1.54, 1.807) is 19.2 Å². The number of aryl methyl sites for hydroxylation is 1. The molecule has 2 rings (SSSR count). The monoisotopic (exact) mass is 238 g/mol. The van der Waals surface area contributed by atoms with Gasteiger partial charge in [-0.25, -0.2) is 9.78 Å². The molecule has 0 amide bonds.